The van der Waals surface area contributed by atoms with Crippen molar-refractivity contribution in [3.8, 4) is 0 Å². The Balaban J connectivity index is 3.43. The molecule has 0 bridgehead atoms. The predicted molar refractivity (Wildman–Crippen MR) is 338 cm³/mol. The van der Waals surface area contributed by atoms with Gasteiger partial charge in [-0.25, -0.2) is 0 Å². The first-order valence-electron chi connectivity index (χ1n) is 34.8. The van der Waals surface area contributed by atoms with Crippen LogP contribution in [-0.4, -0.2) is 47.4 Å². The van der Waals surface area contributed by atoms with Crippen molar-refractivity contribution < 1.29 is 24.5 Å². The fourth-order valence-corrected chi connectivity index (χ4v) is 10.8. The molecule has 0 aromatic carbocycles. The number of nitrogens with one attached hydrogen (secondary N) is 1. The van der Waals surface area contributed by atoms with Gasteiger partial charge in [0.25, 0.3) is 0 Å². The number of ether oxygens (including phenoxy) is 1. The second kappa shape index (κ2) is 66.6. The van der Waals surface area contributed by atoms with E-state index in [9.17, 15) is 19.8 Å². The zero-order chi connectivity index (χ0) is 55.7. The Morgan fingerprint density at radius 3 is 1.00 bits per heavy atom. The second-order valence-electron chi connectivity index (χ2n) is 23.9. The molecule has 0 saturated carbocycles. The Kier molecular flexibility index (Phi) is 64.9. The molecule has 0 rings (SSSR count). The third-order valence-corrected chi connectivity index (χ3v) is 16.2. The lowest BCUT2D eigenvalue weighted by atomic mass is 10.0. The number of rotatable bonds is 65. The summed E-state index contributed by atoms with van der Waals surface area (Å²) in [7, 11) is 0. The molecule has 2 unspecified atom stereocenters. The van der Waals surface area contributed by atoms with Gasteiger partial charge in [-0.15, -0.1) is 0 Å². The molecule has 0 aliphatic heterocycles. The predicted octanol–water partition coefficient (Wildman–Crippen LogP) is 22.3. The third-order valence-electron chi connectivity index (χ3n) is 16.2. The molecule has 0 spiro atoms. The smallest absolute Gasteiger partial charge is 0.305 e. The van der Waals surface area contributed by atoms with E-state index in [0.29, 0.717) is 19.4 Å². The van der Waals surface area contributed by atoms with Gasteiger partial charge in [0.15, 0.2) is 0 Å². The molecule has 0 aromatic heterocycles. The second-order valence-corrected chi connectivity index (χ2v) is 23.9. The number of carbonyl (C=O) groups is 2. The average molecular weight is 1080 g/mol. The van der Waals surface area contributed by atoms with Crippen LogP contribution in [-0.2, 0) is 14.3 Å². The molecule has 1 amide bonds. The summed E-state index contributed by atoms with van der Waals surface area (Å²) < 4.78 is 5.50. The van der Waals surface area contributed by atoms with E-state index in [1.165, 1.54) is 302 Å². The SMILES string of the molecule is CCCCCC/C=C\C/C=C\CCCCCCCCCC(=O)OCCCCCCCCCCCCCCCCCCCCC(=O)NC(CO)C(O)/C=C/CCCCCCCCCCCCCCCCCCCCCCCC. The lowest BCUT2D eigenvalue weighted by Crippen LogP contribution is -2.45. The summed E-state index contributed by atoms with van der Waals surface area (Å²) >= 11 is 0. The Bertz CT molecular complexity index is 1250. The van der Waals surface area contributed by atoms with E-state index >= 15 is 0 Å². The molecular formula is C71H135NO5. The zero-order valence-electron chi connectivity index (χ0n) is 52.0. The molecule has 2 atom stereocenters. The lowest BCUT2D eigenvalue weighted by Gasteiger charge is -2.20. The summed E-state index contributed by atoms with van der Waals surface area (Å²) in [5, 5.41) is 23.3. The summed E-state index contributed by atoms with van der Waals surface area (Å²) in [5.41, 5.74) is 0. The van der Waals surface area contributed by atoms with E-state index in [-0.39, 0.29) is 18.5 Å². The van der Waals surface area contributed by atoms with Gasteiger partial charge in [-0.05, 0) is 64.2 Å². The number of aliphatic hydroxyl groups excluding tert-OH is 2. The largest absolute Gasteiger partial charge is 0.466 e. The van der Waals surface area contributed by atoms with Crippen LogP contribution in [0.3, 0.4) is 0 Å². The number of allylic oxidation sites excluding steroid dienone is 5. The van der Waals surface area contributed by atoms with Crippen LogP contribution in [0.1, 0.15) is 380 Å². The van der Waals surface area contributed by atoms with Crippen molar-refractivity contribution in [3.05, 3.63) is 36.5 Å². The number of hydrogen-bond donors (Lipinski definition) is 3. The van der Waals surface area contributed by atoms with Crippen LogP contribution in [0, 0.1) is 0 Å². The molecule has 0 heterocycles. The van der Waals surface area contributed by atoms with E-state index in [1.807, 2.05) is 6.08 Å². The van der Waals surface area contributed by atoms with E-state index in [2.05, 4.69) is 43.5 Å². The Labute approximate surface area is 481 Å². The first-order chi connectivity index (χ1) is 38.0. The lowest BCUT2D eigenvalue weighted by molar-refractivity contribution is -0.143. The van der Waals surface area contributed by atoms with E-state index in [4.69, 9.17) is 4.74 Å². The Morgan fingerprint density at radius 2 is 0.649 bits per heavy atom. The van der Waals surface area contributed by atoms with Crippen LogP contribution < -0.4 is 5.32 Å². The highest BCUT2D eigenvalue weighted by molar-refractivity contribution is 5.76. The third kappa shape index (κ3) is 63.1. The summed E-state index contributed by atoms with van der Waals surface area (Å²) in [5.74, 6) is -0.0684. The van der Waals surface area contributed by atoms with Gasteiger partial charge < -0.3 is 20.3 Å². The number of amides is 1. The summed E-state index contributed by atoms with van der Waals surface area (Å²) in [4.78, 5) is 24.6. The zero-order valence-corrected chi connectivity index (χ0v) is 52.0. The van der Waals surface area contributed by atoms with E-state index in [1.54, 1.807) is 6.08 Å². The van der Waals surface area contributed by atoms with Gasteiger partial charge in [0.1, 0.15) is 0 Å². The van der Waals surface area contributed by atoms with Crippen LogP contribution >= 0.6 is 0 Å². The molecule has 6 nitrogen and oxygen atoms in total. The molecule has 0 aliphatic carbocycles. The van der Waals surface area contributed by atoms with Crippen LogP contribution in [0.4, 0.5) is 0 Å². The van der Waals surface area contributed by atoms with Crippen molar-refractivity contribution in [2.45, 2.75) is 392 Å². The van der Waals surface area contributed by atoms with Crippen molar-refractivity contribution in [1.82, 2.24) is 5.32 Å². The number of aliphatic hydroxyl groups is 2. The van der Waals surface area contributed by atoms with Gasteiger partial charge in [-0.2, -0.15) is 0 Å². The maximum absolute atomic E-state index is 12.5. The molecular weight excluding hydrogens is 947 g/mol. The number of unbranched alkanes of at least 4 members (excludes halogenated alkanes) is 50. The van der Waals surface area contributed by atoms with Gasteiger partial charge in [0.05, 0.1) is 25.4 Å². The number of esters is 1. The molecule has 454 valence electrons. The topological polar surface area (TPSA) is 95.9 Å². The molecule has 3 N–H and O–H groups in total. The minimum atomic E-state index is -0.849. The van der Waals surface area contributed by atoms with Crippen LogP contribution in [0.5, 0.6) is 0 Å². The first-order valence-corrected chi connectivity index (χ1v) is 34.8. The summed E-state index contributed by atoms with van der Waals surface area (Å²) in [6.45, 7) is 4.91. The van der Waals surface area contributed by atoms with Crippen LogP contribution in [0.25, 0.3) is 0 Å². The van der Waals surface area contributed by atoms with Crippen molar-refractivity contribution in [3.63, 3.8) is 0 Å². The van der Waals surface area contributed by atoms with Crippen LogP contribution in [0.2, 0.25) is 0 Å². The molecule has 77 heavy (non-hydrogen) atoms. The van der Waals surface area contributed by atoms with Gasteiger partial charge in [0.2, 0.25) is 5.91 Å². The van der Waals surface area contributed by atoms with Crippen molar-refractivity contribution in [1.29, 1.82) is 0 Å². The summed E-state index contributed by atoms with van der Waals surface area (Å²) in [6.07, 6.45) is 84.9. The fourth-order valence-electron chi connectivity index (χ4n) is 10.8. The molecule has 0 fully saturated rings. The number of carbonyl (C=O) groups excluding carboxylic acids is 2. The Hall–Kier alpha value is -1.92. The van der Waals surface area contributed by atoms with E-state index in [0.717, 1.165) is 51.4 Å². The molecule has 6 heteroatoms. The van der Waals surface area contributed by atoms with Gasteiger partial charge >= 0.3 is 5.97 Å². The standard InChI is InChI=1S/C71H135NO5/c1-3-5-7-9-11-13-15-17-19-21-23-24-25-26-27-28-31-35-39-43-47-51-55-59-63-69(74)68(67-73)72-70(75)64-60-56-52-48-44-40-36-32-29-30-34-38-42-46-50-54-58-62-66-77-71(76)65-61-57-53-49-45-41-37-33-22-20-18-16-14-12-10-8-6-4-2/h14,16,20,22,59,63,68-69,73-74H,3-13,15,17-19,21,23-58,60-62,64-67H2,1-2H3,(H,72,75)/b16-14-,22-20-,63-59+. The summed E-state index contributed by atoms with van der Waals surface area (Å²) in [6, 6.07) is -0.633. The molecule has 0 aromatic rings. The van der Waals surface area contributed by atoms with Gasteiger partial charge in [-0.3, -0.25) is 9.59 Å². The van der Waals surface area contributed by atoms with E-state index < -0.39 is 12.1 Å². The highest BCUT2D eigenvalue weighted by Crippen LogP contribution is 2.18. The molecule has 0 aliphatic rings. The highest BCUT2D eigenvalue weighted by atomic mass is 16.5. The van der Waals surface area contributed by atoms with Gasteiger partial charge in [0, 0.05) is 12.8 Å². The quantitative estimate of drug-likeness (QED) is 0.0320. The van der Waals surface area contributed by atoms with Crippen molar-refractivity contribution >= 4 is 11.9 Å². The first kappa shape index (κ1) is 75.1. The van der Waals surface area contributed by atoms with Crippen LogP contribution in [0.15, 0.2) is 36.5 Å². The maximum Gasteiger partial charge on any atom is 0.305 e. The average Bonchev–Trinajstić information content (AvgIpc) is 3.43. The number of hydrogen-bond acceptors (Lipinski definition) is 5. The van der Waals surface area contributed by atoms with Gasteiger partial charge in [-0.1, -0.05) is 339 Å². The fraction of sp³-hybridized carbons (Fsp3) is 0.887. The maximum atomic E-state index is 12.5. The minimum Gasteiger partial charge on any atom is -0.466 e. The molecule has 0 radical (unpaired) electrons. The highest BCUT2D eigenvalue weighted by Gasteiger charge is 2.18. The Morgan fingerprint density at radius 1 is 0.364 bits per heavy atom. The van der Waals surface area contributed by atoms with Crippen molar-refractivity contribution in [2.24, 2.45) is 0 Å². The van der Waals surface area contributed by atoms with Crippen molar-refractivity contribution in [2.75, 3.05) is 13.2 Å². The normalized spacial score (nSPS) is 12.7. The minimum absolute atomic E-state index is 0.0000728. The monoisotopic (exact) mass is 1080 g/mol. The molecule has 0 saturated heterocycles.